The van der Waals surface area contributed by atoms with E-state index in [9.17, 15) is 4.39 Å². The minimum Gasteiger partial charge on any atom is -0.490 e. The topological polar surface area (TPSA) is 79.0 Å². The average molecular weight is 357 g/mol. The third kappa shape index (κ3) is 2.88. The quantitative estimate of drug-likeness (QED) is 0.851. The van der Waals surface area contributed by atoms with Crippen molar-refractivity contribution in [1.82, 2.24) is 4.98 Å². The molecule has 0 amide bonds. The number of hydrogen-bond donors (Lipinski definition) is 1. The molecule has 3 heterocycles. The van der Waals surface area contributed by atoms with E-state index in [-0.39, 0.29) is 12.1 Å². The van der Waals surface area contributed by atoms with E-state index in [2.05, 4.69) is 9.98 Å². The van der Waals surface area contributed by atoms with Crippen LogP contribution in [0.25, 0.3) is 11.1 Å². The minimum absolute atomic E-state index is 0.0540. The van der Waals surface area contributed by atoms with Gasteiger partial charge in [-0.1, -0.05) is 6.07 Å². The van der Waals surface area contributed by atoms with Crippen molar-refractivity contribution in [3.05, 3.63) is 48.0 Å². The summed E-state index contributed by atoms with van der Waals surface area (Å²) in [6.07, 6.45) is 2.74. The molecule has 2 aliphatic rings. The lowest BCUT2D eigenvalue weighted by Crippen LogP contribution is -2.39. The number of methoxy groups -OCH3 is 1. The van der Waals surface area contributed by atoms with Gasteiger partial charge < -0.3 is 19.9 Å². The standard InChI is InChI=1S/C19H20FN3O3/c1-24-8-6-13-10-19(11-25-18(21)23-19)15-9-12(4-5-16(15)26-13)14-3-2-7-22-17(14)20/h2-5,7,9,13H,6,8,10-11H2,1H3,(H2,21,23)/t13?,19-/m0/s1. The molecule has 1 spiro atoms. The molecule has 7 heteroatoms. The summed E-state index contributed by atoms with van der Waals surface area (Å²) < 4.78 is 30.9. The normalized spacial score (nSPS) is 23.9. The third-order valence-corrected chi connectivity index (χ3v) is 4.84. The number of halogens is 1. The molecule has 136 valence electrons. The Morgan fingerprint density at radius 3 is 3.00 bits per heavy atom. The molecule has 0 saturated heterocycles. The molecule has 2 aromatic rings. The van der Waals surface area contributed by atoms with E-state index in [0.29, 0.717) is 36.5 Å². The van der Waals surface area contributed by atoms with Gasteiger partial charge in [0.2, 0.25) is 5.95 Å². The van der Waals surface area contributed by atoms with Crippen LogP contribution in [-0.2, 0) is 15.0 Å². The van der Waals surface area contributed by atoms with Crippen molar-refractivity contribution in [2.24, 2.45) is 10.7 Å². The first-order chi connectivity index (χ1) is 12.6. The summed E-state index contributed by atoms with van der Waals surface area (Å²) in [4.78, 5) is 8.31. The van der Waals surface area contributed by atoms with Gasteiger partial charge in [-0.2, -0.15) is 4.39 Å². The van der Waals surface area contributed by atoms with E-state index in [1.54, 1.807) is 19.2 Å². The van der Waals surface area contributed by atoms with Crippen molar-refractivity contribution in [3.63, 3.8) is 0 Å². The van der Waals surface area contributed by atoms with Crippen molar-refractivity contribution in [2.45, 2.75) is 24.5 Å². The van der Waals surface area contributed by atoms with Gasteiger partial charge >= 0.3 is 0 Å². The molecule has 0 saturated carbocycles. The first-order valence-corrected chi connectivity index (χ1v) is 8.50. The lowest BCUT2D eigenvalue weighted by atomic mass is 9.81. The summed E-state index contributed by atoms with van der Waals surface area (Å²) in [6, 6.07) is 9.15. The van der Waals surface area contributed by atoms with Crippen LogP contribution in [0.2, 0.25) is 0 Å². The van der Waals surface area contributed by atoms with Crippen molar-refractivity contribution >= 4 is 6.02 Å². The highest BCUT2D eigenvalue weighted by molar-refractivity contribution is 5.75. The number of aromatic nitrogens is 1. The number of nitrogens with two attached hydrogens (primary N) is 1. The first-order valence-electron chi connectivity index (χ1n) is 8.50. The number of hydrogen-bond acceptors (Lipinski definition) is 6. The smallest absolute Gasteiger partial charge is 0.283 e. The van der Waals surface area contributed by atoms with Crippen molar-refractivity contribution in [3.8, 4) is 16.9 Å². The van der Waals surface area contributed by atoms with Crippen LogP contribution in [0.1, 0.15) is 18.4 Å². The Morgan fingerprint density at radius 1 is 1.38 bits per heavy atom. The monoisotopic (exact) mass is 357 g/mol. The van der Waals surface area contributed by atoms with Crippen LogP contribution in [0, 0.1) is 5.95 Å². The Hall–Kier alpha value is -2.67. The second-order valence-corrected chi connectivity index (χ2v) is 6.55. The zero-order chi connectivity index (χ0) is 18.1. The van der Waals surface area contributed by atoms with Gasteiger partial charge in [-0.05, 0) is 29.8 Å². The van der Waals surface area contributed by atoms with Crippen LogP contribution in [0.4, 0.5) is 4.39 Å². The van der Waals surface area contributed by atoms with E-state index in [0.717, 1.165) is 12.0 Å². The Labute approximate surface area is 150 Å². The highest BCUT2D eigenvalue weighted by Crippen LogP contribution is 2.46. The van der Waals surface area contributed by atoms with Crippen LogP contribution in [0.15, 0.2) is 41.5 Å². The minimum atomic E-state index is -0.620. The molecule has 2 atom stereocenters. The maximum atomic E-state index is 14.1. The molecule has 2 N–H and O–H groups in total. The summed E-state index contributed by atoms with van der Waals surface area (Å²) in [6.45, 7) is 0.937. The summed E-state index contributed by atoms with van der Waals surface area (Å²) in [5.74, 6) is 0.203. The van der Waals surface area contributed by atoms with Crippen LogP contribution >= 0.6 is 0 Å². The number of pyridine rings is 1. The van der Waals surface area contributed by atoms with Gasteiger partial charge in [0.15, 0.2) is 0 Å². The fourth-order valence-corrected chi connectivity index (χ4v) is 3.59. The predicted molar refractivity (Wildman–Crippen MR) is 94.4 cm³/mol. The number of aliphatic imine (C=N–C) groups is 1. The van der Waals surface area contributed by atoms with Gasteiger partial charge in [0.25, 0.3) is 6.02 Å². The first kappa shape index (κ1) is 16.8. The average Bonchev–Trinajstić information content (AvgIpc) is 3.01. The van der Waals surface area contributed by atoms with E-state index in [1.807, 2.05) is 18.2 Å². The largest absolute Gasteiger partial charge is 0.490 e. The number of fused-ring (bicyclic) bond motifs is 2. The van der Waals surface area contributed by atoms with Crippen LogP contribution < -0.4 is 10.5 Å². The van der Waals surface area contributed by atoms with Crippen molar-refractivity contribution < 1.29 is 18.6 Å². The SMILES string of the molecule is COCCC1C[C@]2(COC(N)=N2)c2cc(-c3cccnc3F)ccc2O1. The number of nitrogens with zero attached hydrogens (tertiary/aromatic N) is 2. The molecule has 1 unspecified atom stereocenters. The van der Waals surface area contributed by atoms with Crippen LogP contribution in [0.5, 0.6) is 5.75 Å². The van der Waals surface area contributed by atoms with E-state index in [1.165, 1.54) is 6.20 Å². The second-order valence-electron chi connectivity index (χ2n) is 6.55. The van der Waals surface area contributed by atoms with Crippen molar-refractivity contribution in [1.29, 1.82) is 0 Å². The molecule has 6 nitrogen and oxygen atoms in total. The number of rotatable bonds is 4. The maximum Gasteiger partial charge on any atom is 0.283 e. The van der Waals surface area contributed by atoms with E-state index in [4.69, 9.17) is 19.9 Å². The van der Waals surface area contributed by atoms with Crippen LogP contribution in [0.3, 0.4) is 0 Å². The van der Waals surface area contributed by atoms with Gasteiger partial charge in [0.1, 0.15) is 24.0 Å². The van der Waals surface area contributed by atoms with Gasteiger partial charge in [-0.25, -0.2) is 9.98 Å². The lowest BCUT2D eigenvalue weighted by Gasteiger charge is -2.37. The molecule has 2 aliphatic heterocycles. The van der Waals surface area contributed by atoms with Gasteiger partial charge in [-0.3, -0.25) is 0 Å². The van der Waals surface area contributed by atoms with Crippen LogP contribution in [-0.4, -0.2) is 37.4 Å². The molecule has 0 radical (unpaired) electrons. The number of benzene rings is 1. The molecule has 4 rings (SSSR count). The summed E-state index contributed by atoms with van der Waals surface area (Å²) in [7, 11) is 1.66. The molecule has 26 heavy (non-hydrogen) atoms. The Bertz CT molecular complexity index is 858. The zero-order valence-electron chi connectivity index (χ0n) is 14.4. The molecule has 0 aliphatic carbocycles. The Balaban J connectivity index is 1.78. The highest BCUT2D eigenvalue weighted by Gasteiger charge is 2.46. The summed E-state index contributed by atoms with van der Waals surface area (Å²) in [5, 5.41) is 0. The molecule has 1 aromatic carbocycles. The summed E-state index contributed by atoms with van der Waals surface area (Å²) >= 11 is 0. The van der Waals surface area contributed by atoms with Gasteiger partial charge in [0.05, 0.1) is 0 Å². The van der Waals surface area contributed by atoms with E-state index < -0.39 is 11.5 Å². The van der Waals surface area contributed by atoms with Gasteiger partial charge in [-0.15, -0.1) is 0 Å². The Morgan fingerprint density at radius 2 is 2.27 bits per heavy atom. The molecule has 0 bridgehead atoms. The molecule has 1 aromatic heterocycles. The zero-order valence-corrected chi connectivity index (χ0v) is 14.4. The third-order valence-electron chi connectivity index (χ3n) is 4.84. The molecule has 0 fully saturated rings. The predicted octanol–water partition coefficient (Wildman–Crippen LogP) is 2.62. The van der Waals surface area contributed by atoms with Crippen molar-refractivity contribution in [2.75, 3.05) is 20.3 Å². The molecular weight excluding hydrogens is 337 g/mol. The fraction of sp³-hybridized carbons (Fsp3) is 0.368. The summed E-state index contributed by atoms with van der Waals surface area (Å²) in [5.41, 5.74) is 7.19. The fourth-order valence-electron chi connectivity index (χ4n) is 3.59. The number of ether oxygens (including phenoxy) is 3. The second kappa shape index (κ2) is 6.57. The molecular formula is C19H20FN3O3. The number of amidine groups is 1. The lowest BCUT2D eigenvalue weighted by molar-refractivity contribution is 0.0743. The Kier molecular flexibility index (Phi) is 4.24. The van der Waals surface area contributed by atoms with Gasteiger partial charge in [0, 0.05) is 43.9 Å². The van der Waals surface area contributed by atoms with E-state index >= 15 is 0 Å². The highest BCUT2D eigenvalue weighted by atomic mass is 19.1. The maximum absolute atomic E-state index is 14.1.